The van der Waals surface area contributed by atoms with E-state index in [0.717, 1.165) is 18.2 Å². The minimum absolute atomic E-state index is 0.0336. The van der Waals surface area contributed by atoms with E-state index in [1.54, 1.807) is 4.90 Å². The number of para-hydroxylation sites is 1. The van der Waals surface area contributed by atoms with E-state index >= 15 is 0 Å². The van der Waals surface area contributed by atoms with Gasteiger partial charge in [0.15, 0.2) is 0 Å². The molecule has 1 fully saturated rings. The van der Waals surface area contributed by atoms with E-state index in [4.69, 9.17) is 9.52 Å². The van der Waals surface area contributed by atoms with Crippen LogP contribution in [0.5, 0.6) is 0 Å². The number of benzene rings is 1. The van der Waals surface area contributed by atoms with Gasteiger partial charge in [0, 0.05) is 24.9 Å². The van der Waals surface area contributed by atoms with Crippen LogP contribution in [0.2, 0.25) is 0 Å². The summed E-state index contributed by atoms with van der Waals surface area (Å²) in [6.07, 6.45) is 3.19. The van der Waals surface area contributed by atoms with Crippen LogP contribution in [0.3, 0.4) is 0 Å². The highest BCUT2D eigenvalue weighted by Gasteiger charge is 2.26. The third kappa shape index (κ3) is 2.77. The van der Waals surface area contributed by atoms with Crippen molar-refractivity contribution in [2.45, 2.75) is 19.3 Å². The Morgan fingerprint density at radius 1 is 1.24 bits per heavy atom. The van der Waals surface area contributed by atoms with Crippen molar-refractivity contribution in [3.05, 3.63) is 36.1 Å². The Balaban J connectivity index is 1.71. The molecule has 1 aliphatic rings. The van der Waals surface area contributed by atoms with E-state index < -0.39 is 5.97 Å². The van der Waals surface area contributed by atoms with Crippen molar-refractivity contribution >= 4 is 22.8 Å². The van der Waals surface area contributed by atoms with Crippen molar-refractivity contribution in [1.82, 2.24) is 4.90 Å². The Bertz CT molecular complexity index is 668. The Labute approximate surface area is 122 Å². The maximum absolute atomic E-state index is 12.6. The molecule has 0 spiro atoms. The van der Waals surface area contributed by atoms with Gasteiger partial charge in [-0.25, -0.2) is 0 Å². The molecule has 110 valence electrons. The predicted molar refractivity (Wildman–Crippen MR) is 77.1 cm³/mol. The Morgan fingerprint density at radius 3 is 2.67 bits per heavy atom. The molecular formula is C16H17NO4. The Morgan fingerprint density at radius 2 is 1.95 bits per heavy atom. The molecule has 1 aromatic heterocycles. The molecule has 21 heavy (non-hydrogen) atoms. The number of nitrogens with zero attached hydrogens (tertiary/aromatic N) is 1. The second kappa shape index (κ2) is 5.60. The molecule has 0 atom stereocenters. The second-order valence-corrected chi connectivity index (χ2v) is 5.48. The zero-order valence-corrected chi connectivity index (χ0v) is 11.6. The summed E-state index contributed by atoms with van der Waals surface area (Å²) in [5.41, 5.74) is 1.30. The molecule has 1 N–H and O–H groups in total. The molecule has 1 amide bonds. The van der Waals surface area contributed by atoms with Gasteiger partial charge in [-0.3, -0.25) is 9.59 Å². The van der Waals surface area contributed by atoms with E-state index in [-0.39, 0.29) is 18.2 Å². The first kappa shape index (κ1) is 13.7. The quantitative estimate of drug-likeness (QED) is 0.942. The summed E-state index contributed by atoms with van der Waals surface area (Å²) < 4.78 is 5.41. The molecule has 2 heterocycles. The maximum atomic E-state index is 12.6. The first-order chi connectivity index (χ1) is 10.1. The lowest BCUT2D eigenvalue weighted by Gasteiger charge is -2.31. The number of aliphatic carboxylic acids is 1. The number of carboxylic acids is 1. The number of hydrogen-bond acceptors (Lipinski definition) is 3. The smallest absolute Gasteiger partial charge is 0.303 e. The average molecular weight is 287 g/mol. The van der Waals surface area contributed by atoms with Crippen molar-refractivity contribution in [1.29, 1.82) is 0 Å². The van der Waals surface area contributed by atoms with E-state index in [2.05, 4.69) is 0 Å². The van der Waals surface area contributed by atoms with E-state index in [1.807, 2.05) is 24.3 Å². The summed E-state index contributed by atoms with van der Waals surface area (Å²) in [7, 11) is 0. The van der Waals surface area contributed by atoms with Crippen molar-refractivity contribution < 1.29 is 19.1 Å². The topological polar surface area (TPSA) is 70.8 Å². The molecule has 2 aromatic rings. The van der Waals surface area contributed by atoms with Crippen LogP contribution >= 0.6 is 0 Å². The number of hydrogen-bond donors (Lipinski definition) is 1. The lowest BCUT2D eigenvalue weighted by atomic mass is 9.93. The molecule has 0 bridgehead atoms. The molecule has 1 aromatic carbocycles. The molecular weight excluding hydrogens is 270 g/mol. The van der Waals surface area contributed by atoms with Crippen LogP contribution in [-0.4, -0.2) is 35.0 Å². The first-order valence-electron chi connectivity index (χ1n) is 7.12. The van der Waals surface area contributed by atoms with Crippen LogP contribution in [0.15, 0.2) is 34.9 Å². The number of fused-ring (bicyclic) bond motifs is 1. The second-order valence-electron chi connectivity index (χ2n) is 5.48. The third-order valence-corrected chi connectivity index (χ3v) is 4.08. The van der Waals surface area contributed by atoms with E-state index in [9.17, 15) is 9.59 Å². The number of piperidine rings is 1. The van der Waals surface area contributed by atoms with Gasteiger partial charge >= 0.3 is 5.97 Å². The molecule has 0 unspecified atom stereocenters. The molecule has 0 radical (unpaired) electrons. The zero-order chi connectivity index (χ0) is 14.8. The highest BCUT2D eigenvalue weighted by Crippen LogP contribution is 2.25. The van der Waals surface area contributed by atoms with Gasteiger partial charge in [0.2, 0.25) is 0 Å². The van der Waals surface area contributed by atoms with Crippen LogP contribution in [-0.2, 0) is 4.79 Å². The van der Waals surface area contributed by atoms with Crippen molar-refractivity contribution in [2.24, 2.45) is 5.92 Å². The SMILES string of the molecule is O=C(O)CC1CCN(C(=O)c2coc3ccccc23)CC1. The molecule has 1 saturated heterocycles. The fraction of sp³-hybridized carbons (Fsp3) is 0.375. The summed E-state index contributed by atoms with van der Waals surface area (Å²) in [5, 5.41) is 9.65. The van der Waals surface area contributed by atoms with Gasteiger partial charge in [0.25, 0.3) is 5.91 Å². The van der Waals surface area contributed by atoms with Gasteiger partial charge in [-0.1, -0.05) is 18.2 Å². The molecule has 5 nitrogen and oxygen atoms in total. The molecule has 3 rings (SSSR count). The van der Waals surface area contributed by atoms with Gasteiger partial charge in [0.05, 0.1) is 5.56 Å². The molecule has 0 aliphatic carbocycles. The number of furan rings is 1. The lowest BCUT2D eigenvalue weighted by Crippen LogP contribution is -2.38. The van der Waals surface area contributed by atoms with Gasteiger partial charge < -0.3 is 14.4 Å². The Kier molecular flexibility index (Phi) is 3.64. The first-order valence-corrected chi connectivity index (χ1v) is 7.12. The van der Waals surface area contributed by atoms with E-state index in [1.165, 1.54) is 6.26 Å². The van der Waals surface area contributed by atoms with Crippen molar-refractivity contribution in [3.8, 4) is 0 Å². The van der Waals surface area contributed by atoms with Crippen LogP contribution in [0.4, 0.5) is 0 Å². The number of carbonyl (C=O) groups is 2. The van der Waals surface area contributed by atoms with Crippen molar-refractivity contribution in [2.75, 3.05) is 13.1 Å². The third-order valence-electron chi connectivity index (χ3n) is 4.08. The van der Waals surface area contributed by atoms with Gasteiger partial charge in [-0.2, -0.15) is 0 Å². The van der Waals surface area contributed by atoms with Gasteiger partial charge in [0.1, 0.15) is 11.8 Å². The van der Waals surface area contributed by atoms with Crippen LogP contribution < -0.4 is 0 Å². The minimum atomic E-state index is -0.763. The molecule has 0 saturated carbocycles. The summed E-state index contributed by atoms with van der Waals surface area (Å²) in [6.45, 7) is 1.21. The van der Waals surface area contributed by atoms with Crippen LogP contribution in [0.1, 0.15) is 29.6 Å². The molecule has 5 heteroatoms. The standard InChI is InChI=1S/C16H17NO4/c18-15(19)9-11-5-7-17(8-6-11)16(20)13-10-21-14-4-2-1-3-12(13)14/h1-4,10-11H,5-9H2,(H,18,19). The number of carbonyl (C=O) groups excluding carboxylic acids is 1. The number of rotatable bonds is 3. The average Bonchev–Trinajstić information content (AvgIpc) is 2.90. The Hall–Kier alpha value is -2.30. The number of likely N-dealkylation sites (tertiary alicyclic amines) is 1. The lowest BCUT2D eigenvalue weighted by molar-refractivity contribution is -0.138. The zero-order valence-electron chi connectivity index (χ0n) is 11.6. The van der Waals surface area contributed by atoms with E-state index in [0.29, 0.717) is 24.2 Å². The molecule has 1 aliphatic heterocycles. The van der Waals surface area contributed by atoms with Gasteiger partial charge in [-0.15, -0.1) is 0 Å². The highest BCUT2D eigenvalue weighted by atomic mass is 16.4. The van der Waals surface area contributed by atoms with Crippen molar-refractivity contribution in [3.63, 3.8) is 0 Å². The maximum Gasteiger partial charge on any atom is 0.303 e. The monoisotopic (exact) mass is 287 g/mol. The fourth-order valence-electron chi connectivity index (χ4n) is 2.90. The summed E-state index contributed by atoms with van der Waals surface area (Å²) in [4.78, 5) is 25.1. The normalized spacial score (nSPS) is 16.3. The highest BCUT2D eigenvalue weighted by molar-refractivity contribution is 6.05. The van der Waals surface area contributed by atoms with Crippen LogP contribution in [0.25, 0.3) is 11.0 Å². The summed E-state index contributed by atoms with van der Waals surface area (Å²) in [6, 6.07) is 7.47. The van der Waals surface area contributed by atoms with Crippen LogP contribution in [0, 0.1) is 5.92 Å². The minimum Gasteiger partial charge on any atom is -0.481 e. The van der Waals surface area contributed by atoms with Gasteiger partial charge in [-0.05, 0) is 24.8 Å². The summed E-state index contributed by atoms with van der Waals surface area (Å²) >= 11 is 0. The number of amides is 1. The summed E-state index contributed by atoms with van der Waals surface area (Å²) in [5.74, 6) is -0.623. The number of carboxylic acid groups (broad SMARTS) is 1. The largest absolute Gasteiger partial charge is 0.481 e. The fourth-order valence-corrected chi connectivity index (χ4v) is 2.90. The predicted octanol–water partition coefficient (Wildman–Crippen LogP) is 2.76.